The average Bonchev–Trinajstić information content (AvgIpc) is 2.97. The molecular weight excluding hydrogens is 310 g/mol. The first kappa shape index (κ1) is 15.9. The summed E-state index contributed by atoms with van der Waals surface area (Å²) in [6, 6.07) is 13.8. The molecule has 0 radical (unpaired) electrons. The normalized spacial score (nSPS) is 10.9. The molecule has 0 atom stereocenters. The molecule has 3 rings (SSSR count). The van der Waals surface area contributed by atoms with Crippen molar-refractivity contribution in [2.24, 2.45) is 0 Å². The lowest BCUT2D eigenvalue weighted by Gasteiger charge is -2.09. The van der Waals surface area contributed by atoms with E-state index in [0.717, 1.165) is 17.5 Å². The highest BCUT2D eigenvalue weighted by Gasteiger charge is 2.09. The number of nitro benzene ring substituents is 1. The van der Waals surface area contributed by atoms with E-state index >= 15 is 0 Å². The van der Waals surface area contributed by atoms with Gasteiger partial charge in [0.05, 0.1) is 22.6 Å². The quantitative estimate of drug-likeness (QED) is 0.409. The summed E-state index contributed by atoms with van der Waals surface area (Å²) >= 11 is 0. The van der Waals surface area contributed by atoms with Crippen LogP contribution in [-0.2, 0) is 13.2 Å². The maximum absolute atomic E-state index is 10.6. The standard InChI is InChI=1S/C17H17N3O4/c21-12-17-18-15-4-1-2-5-16(15)19(17)10-3-11-24-14-8-6-13(7-9-14)20(22)23/h1-2,4-9,21H,3,10-12H2. The predicted octanol–water partition coefficient (Wildman–Crippen LogP) is 2.91. The maximum atomic E-state index is 10.6. The highest BCUT2D eigenvalue weighted by Crippen LogP contribution is 2.19. The highest BCUT2D eigenvalue weighted by atomic mass is 16.6. The van der Waals surface area contributed by atoms with Crippen LogP contribution in [0.2, 0.25) is 0 Å². The molecule has 124 valence electrons. The lowest BCUT2D eigenvalue weighted by atomic mass is 10.3. The van der Waals surface area contributed by atoms with Crippen LogP contribution in [0, 0.1) is 10.1 Å². The van der Waals surface area contributed by atoms with Crippen molar-refractivity contribution in [2.75, 3.05) is 6.61 Å². The average molecular weight is 327 g/mol. The molecule has 0 aliphatic carbocycles. The van der Waals surface area contributed by atoms with Crippen molar-refractivity contribution >= 4 is 16.7 Å². The maximum Gasteiger partial charge on any atom is 0.269 e. The largest absolute Gasteiger partial charge is 0.494 e. The minimum absolute atomic E-state index is 0.0415. The molecule has 0 saturated heterocycles. The van der Waals surface area contributed by atoms with Crippen LogP contribution in [0.3, 0.4) is 0 Å². The third-order valence-electron chi connectivity index (χ3n) is 3.72. The molecule has 0 aliphatic rings. The molecule has 1 N–H and O–H groups in total. The highest BCUT2D eigenvalue weighted by molar-refractivity contribution is 5.75. The molecule has 2 aromatic carbocycles. The predicted molar refractivity (Wildman–Crippen MR) is 88.9 cm³/mol. The van der Waals surface area contributed by atoms with Gasteiger partial charge in [-0.05, 0) is 30.7 Å². The number of para-hydroxylation sites is 2. The number of nitrogens with zero attached hydrogens (tertiary/aromatic N) is 3. The Balaban J connectivity index is 1.59. The van der Waals surface area contributed by atoms with Gasteiger partial charge in [-0.2, -0.15) is 0 Å². The van der Waals surface area contributed by atoms with Gasteiger partial charge in [0.2, 0.25) is 0 Å². The Hall–Kier alpha value is -2.93. The summed E-state index contributed by atoms with van der Waals surface area (Å²) < 4.78 is 7.59. The Kier molecular flexibility index (Phi) is 4.72. The van der Waals surface area contributed by atoms with Gasteiger partial charge < -0.3 is 14.4 Å². The van der Waals surface area contributed by atoms with Gasteiger partial charge in [-0.1, -0.05) is 12.1 Å². The van der Waals surface area contributed by atoms with Crippen LogP contribution in [0.15, 0.2) is 48.5 Å². The first-order valence-corrected chi connectivity index (χ1v) is 7.61. The van der Waals surface area contributed by atoms with Crippen LogP contribution in [-0.4, -0.2) is 26.2 Å². The Morgan fingerprint density at radius 2 is 1.92 bits per heavy atom. The summed E-state index contributed by atoms with van der Waals surface area (Å²) in [4.78, 5) is 14.6. The molecule has 0 aliphatic heterocycles. The molecule has 1 aromatic heterocycles. The molecule has 0 amide bonds. The zero-order valence-corrected chi connectivity index (χ0v) is 13.0. The molecule has 0 saturated carbocycles. The van der Waals surface area contributed by atoms with Crippen molar-refractivity contribution in [1.29, 1.82) is 0 Å². The molecule has 7 nitrogen and oxygen atoms in total. The molecule has 0 unspecified atom stereocenters. The topological polar surface area (TPSA) is 90.4 Å². The van der Waals surface area contributed by atoms with E-state index in [-0.39, 0.29) is 12.3 Å². The van der Waals surface area contributed by atoms with Gasteiger partial charge in [0.15, 0.2) is 0 Å². The number of imidazole rings is 1. The minimum atomic E-state index is -0.440. The van der Waals surface area contributed by atoms with E-state index in [0.29, 0.717) is 24.7 Å². The number of aliphatic hydroxyl groups excluding tert-OH is 1. The fraction of sp³-hybridized carbons (Fsp3) is 0.235. The number of ether oxygens (including phenoxy) is 1. The van der Waals surface area contributed by atoms with Crippen molar-refractivity contribution in [3.8, 4) is 5.75 Å². The lowest BCUT2D eigenvalue weighted by molar-refractivity contribution is -0.384. The smallest absolute Gasteiger partial charge is 0.269 e. The third-order valence-corrected chi connectivity index (χ3v) is 3.72. The number of nitro groups is 1. The van der Waals surface area contributed by atoms with Crippen LogP contribution < -0.4 is 4.74 Å². The summed E-state index contributed by atoms with van der Waals surface area (Å²) in [6.07, 6.45) is 0.727. The number of aryl methyl sites for hydroxylation is 1. The number of fused-ring (bicyclic) bond motifs is 1. The zero-order chi connectivity index (χ0) is 16.9. The van der Waals surface area contributed by atoms with Crippen molar-refractivity contribution < 1.29 is 14.8 Å². The first-order chi connectivity index (χ1) is 11.7. The second-order valence-electron chi connectivity index (χ2n) is 5.28. The number of aromatic nitrogens is 2. The van der Waals surface area contributed by atoms with Gasteiger partial charge in [0.25, 0.3) is 5.69 Å². The van der Waals surface area contributed by atoms with E-state index < -0.39 is 4.92 Å². The molecule has 1 heterocycles. The van der Waals surface area contributed by atoms with E-state index in [9.17, 15) is 15.2 Å². The van der Waals surface area contributed by atoms with Gasteiger partial charge >= 0.3 is 0 Å². The molecule has 24 heavy (non-hydrogen) atoms. The minimum Gasteiger partial charge on any atom is -0.494 e. The number of hydrogen-bond donors (Lipinski definition) is 1. The summed E-state index contributed by atoms with van der Waals surface area (Å²) in [5, 5.41) is 20.1. The van der Waals surface area contributed by atoms with Gasteiger partial charge in [0, 0.05) is 18.7 Å². The zero-order valence-electron chi connectivity index (χ0n) is 13.0. The summed E-state index contributed by atoms with van der Waals surface area (Å²) in [5.74, 6) is 1.23. The van der Waals surface area contributed by atoms with E-state index in [4.69, 9.17) is 4.74 Å². The van der Waals surface area contributed by atoms with Crippen LogP contribution in [0.4, 0.5) is 5.69 Å². The third kappa shape index (κ3) is 3.36. The van der Waals surface area contributed by atoms with Crippen molar-refractivity contribution in [3.05, 3.63) is 64.5 Å². The first-order valence-electron chi connectivity index (χ1n) is 7.61. The molecule has 0 spiro atoms. The summed E-state index contributed by atoms with van der Waals surface area (Å²) in [7, 11) is 0. The number of aliphatic hydroxyl groups is 1. The monoisotopic (exact) mass is 327 g/mol. The van der Waals surface area contributed by atoms with Gasteiger partial charge in [-0.25, -0.2) is 4.98 Å². The lowest BCUT2D eigenvalue weighted by Crippen LogP contribution is -2.08. The number of rotatable bonds is 7. The molecule has 0 fully saturated rings. The number of non-ortho nitro benzene ring substituents is 1. The summed E-state index contributed by atoms with van der Waals surface area (Å²) in [6.45, 7) is 1.02. The second kappa shape index (κ2) is 7.10. The number of hydrogen-bond acceptors (Lipinski definition) is 5. The molecule has 7 heteroatoms. The summed E-state index contributed by atoms with van der Waals surface area (Å²) in [5.41, 5.74) is 1.88. The van der Waals surface area contributed by atoms with E-state index in [1.807, 2.05) is 28.8 Å². The van der Waals surface area contributed by atoms with Crippen LogP contribution in [0.5, 0.6) is 5.75 Å². The Morgan fingerprint density at radius 3 is 2.62 bits per heavy atom. The molecule has 0 bridgehead atoms. The fourth-order valence-corrected chi connectivity index (χ4v) is 2.57. The van der Waals surface area contributed by atoms with E-state index in [1.165, 1.54) is 12.1 Å². The van der Waals surface area contributed by atoms with Crippen LogP contribution >= 0.6 is 0 Å². The molecule has 3 aromatic rings. The Morgan fingerprint density at radius 1 is 1.17 bits per heavy atom. The molecular formula is C17H17N3O4. The van der Waals surface area contributed by atoms with Gasteiger partial charge in [-0.3, -0.25) is 10.1 Å². The number of benzene rings is 2. The van der Waals surface area contributed by atoms with Gasteiger partial charge in [-0.15, -0.1) is 0 Å². The van der Waals surface area contributed by atoms with E-state index in [2.05, 4.69) is 4.98 Å². The van der Waals surface area contributed by atoms with E-state index in [1.54, 1.807) is 12.1 Å². The fourth-order valence-electron chi connectivity index (χ4n) is 2.57. The van der Waals surface area contributed by atoms with Crippen molar-refractivity contribution in [2.45, 2.75) is 19.6 Å². The Bertz CT molecular complexity index is 843. The SMILES string of the molecule is O=[N+]([O-])c1ccc(OCCCn2c(CO)nc3ccccc32)cc1. The van der Waals surface area contributed by atoms with Crippen molar-refractivity contribution in [3.63, 3.8) is 0 Å². The van der Waals surface area contributed by atoms with Crippen LogP contribution in [0.1, 0.15) is 12.2 Å². The second-order valence-corrected chi connectivity index (χ2v) is 5.28. The van der Waals surface area contributed by atoms with Gasteiger partial charge in [0.1, 0.15) is 18.2 Å². The van der Waals surface area contributed by atoms with Crippen molar-refractivity contribution in [1.82, 2.24) is 9.55 Å². The Labute approximate surface area is 138 Å². The van der Waals surface area contributed by atoms with Crippen LogP contribution in [0.25, 0.3) is 11.0 Å².